The number of carbonyl (C=O) groups is 1. The number of ketones is 1. The Morgan fingerprint density at radius 3 is 2.29 bits per heavy atom. The smallest absolute Gasteiger partial charge is 0.277 e. The zero-order valence-electron chi connectivity index (χ0n) is 16.3. The van der Waals surface area contributed by atoms with Crippen molar-refractivity contribution in [1.82, 2.24) is 10.2 Å². The Hall–Kier alpha value is -2.80. The summed E-state index contributed by atoms with van der Waals surface area (Å²) in [6.07, 6.45) is 0.943. The third kappa shape index (κ3) is 4.54. The first-order valence-corrected chi connectivity index (χ1v) is 9.78. The molecule has 0 saturated carbocycles. The van der Waals surface area contributed by atoms with E-state index in [2.05, 4.69) is 17.1 Å². The van der Waals surface area contributed by atoms with Gasteiger partial charge in [0.15, 0.2) is 5.78 Å². The van der Waals surface area contributed by atoms with Crippen LogP contribution in [0.4, 0.5) is 0 Å². The molecule has 0 radical (unpaired) electrons. The molecule has 0 saturated heterocycles. The highest BCUT2D eigenvalue weighted by Crippen LogP contribution is 2.32. The van der Waals surface area contributed by atoms with E-state index < -0.39 is 0 Å². The van der Waals surface area contributed by atoms with Gasteiger partial charge in [0.25, 0.3) is 5.22 Å². The second-order valence-electron chi connectivity index (χ2n) is 6.15. The van der Waals surface area contributed by atoms with Crippen molar-refractivity contribution in [2.24, 2.45) is 0 Å². The Labute approximate surface area is 168 Å². The van der Waals surface area contributed by atoms with E-state index in [-0.39, 0.29) is 11.0 Å². The van der Waals surface area contributed by atoms with Crippen LogP contribution in [-0.2, 0) is 6.42 Å². The zero-order chi connectivity index (χ0) is 20.1. The molecule has 7 heteroatoms. The fourth-order valence-corrected chi connectivity index (χ4v) is 3.41. The van der Waals surface area contributed by atoms with Crippen LogP contribution in [0.2, 0.25) is 0 Å². The fourth-order valence-electron chi connectivity index (χ4n) is 2.65. The van der Waals surface area contributed by atoms with Crippen molar-refractivity contribution in [3.8, 4) is 23.0 Å². The molecule has 0 amide bonds. The maximum absolute atomic E-state index is 12.6. The molecule has 0 N–H and O–H groups in total. The lowest BCUT2D eigenvalue weighted by atomic mass is 10.1. The van der Waals surface area contributed by atoms with Crippen LogP contribution in [0.25, 0.3) is 11.5 Å². The van der Waals surface area contributed by atoms with Crippen LogP contribution in [-0.4, -0.2) is 35.5 Å². The van der Waals surface area contributed by atoms with Crippen molar-refractivity contribution < 1.29 is 18.7 Å². The number of hydrogen-bond donors (Lipinski definition) is 0. The Kier molecular flexibility index (Phi) is 6.36. The summed E-state index contributed by atoms with van der Waals surface area (Å²) in [5.41, 5.74) is 2.56. The SMILES string of the molecule is CCc1ccc(C(=O)C(C)Sc2nnc(-c3cc(OC)cc(OC)c3)o2)cc1. The lowest BCUT2D eigenvalue weighted by molar-refractivity contribution is 0.0993. The summed E-state index contributed by atoms with van der Waals surface area (Å²) in [5, 5.41) is 8.13. The topological polar surface area (TPSA) is 74.5 Å². The van der Waals surface area contributed by atoms with Gasteiger partial charge >= 0.3 is 0 Å². The highest BCUT2D eigenvalue weighted by atomic mass is 32.2. The van der Waals surface area contributed by atoms with Crippen molar-refractivity contribution in [1.29, 1.82) is 0 Å². The molecule has 3 rings (SSSR count). The highest BCUT2D eigenvalue weighted by molar-refractivity contribution is 8.00. The number of aromatic nitrogens is 2. The van der Waals surface area contributed by atoms with Crippen molar-refractivity contribution in [3.05, 3.63) is 53.6 Å². The van der Waals surface area contributed by atoms with Crippen molar-refractivity contribution in [3.63, 3.8) is 0 Å². The zero-order valence-corrected chi connectivity index (χ0v) is 17.1. The third-order valence-corrected chi connectivity index (χ3v) is 5.23. The molecular formula is C21H22N2O4S. The van der Waals surface area contributed by atoms with E-state index in [0.717, 1.165) is 6.42 Å². The molecule has 0 aliphatic carbocycles. The standard InChI is InChI=1S/C21H22N2O4S/c1-5-14-6-8-15(9-7-14)19(24)13(2)28-21-23-22-20(27-21)16-10-17(25-3)12-18(11-16)26-4/h6-13H,5H2,1-4H3. The van der Waals surface area contributed by atoms with Gasteiger partial charge in [-0.3, -0.25) is 4.79 Å². The van der Waals surface area contributed by atoms with Gasteiger partial charge in [0.05, 0.1) is 19.5 Å². The average molecular weight is 398 g/mol. The van der Waals surface area contributed by atoms with Gasteiger partial charge in [0, 0.05) is 17.2 Å². The molecule has 1 heterocycles. The van der Waals surface area contributed by atoms with Gasteiger partial charge in [0.2, 0.25) is 5.89 Å². The van der Waals surface area contributed by atoms with Crippen LogP contribution in [0.3, 0.4) is 0 Å². The van der Waals surface area contributed by atoms with E-state index in [9.17, 15) is 4.79 Å². The molecule has 2 aromatic carbocycles. The van der Waals surface area contributed by atoms with E-state index in [0.29, 0.717) is 33.7 Å². The first-order chi connectivity index (χ1) is 13.5. The predicted octanol–water partition coefficient (Wildman–Crippen LogP) is 4.68. The van der Waals surface area contributed by atoms with Gasteiger partial charge in [-0.2, -0.15) is 0 Å². The number of nitrogens with zero attached hydrogens (tertiary/aromatic N) is 2. The highest BCUT2D eigenvalue weighted by Gasteiger charge is 2.20. The number of benzene rings is 2. The molecule has 3 aromatic rings. The quantitative estimate of drug-likeness (QED) is 0.403. The number of rotatable bonds is 8. The van der Waals surface area contributed by atoms with Crippen LogP contribution in [0, 0.1) is 0 Å². The first-order valence-electron chi connectivity index (χ1n) is 8.90. The Balaban J connectivity index is 1.74. The maximum Gasteiger partial charge on any atom is 0.277 e. The van der Waals surface area contributed by atoms with Gasteiger partial charge in [0.1, 0.15) is 11.5 Å². The molecule has 1 unspecified atom stereocenters. The van der Waals surface area contributed by atoms with E-state index >= 15 is 0 Å². The van der Waals surface area contributed by atoms with Crippen molar-refractivity contribution in [2.75, 3.05) is 14.2 Å². The molecule has 0 aliphatic rings. The number of methoxy groups -OCH3 is 2. The first kappa shape index (κ1) is 19.9. The van der Waals surface area contributed by atoms with E-state index in [1.807, 2.05) is 31.2 Å². The van der Waals surface area contributed by atoms with Crippen LogP contribution in [0.5, 0.6) is 11.5 Å². The summed E-state index contributed by atoms with van der Waals surface area (Å²) in [6, 6.07) is 13.0. The molecule has 146 valence electrons. The number of ether oxygens (including phenoxy) is 2. The summed E-state index contributed by atoms with van der Waals surface area (Å²) in [4.78, 5) is 12.6. The average Bonchev–Trinajstić information content (AvgIpc) is 3.21. The molecule has 1 aromatic heterocycles. The number of carbonyl (C=O) groups excluding carboxylic acids is 1. The number of aryl methyl sites for hydroxylation is 1. The van der Waals surface area contributed by atoms with Crippen LogP contribution >= 0.6 is 11.8 Å². The van der Waals surface area contributed by atoms with Crippen LogP contribution in [0.1, 0.15) is 29.8 Å². The molecule has 0 spiro atoms. The second-order valence-corrected chi connectivity index (χ2v) is 7.44. The molecule has 1 atom stereocenters. The second kappa shape index (κ2) is 8.93. The normalized spacial score (nSPS) is 11.9. The molecular weight excluding hydrogens is 376 g/mol. The third-order valence-electron chi connectivity index (χ3n) is 4.30. The maximum atomic E-state index is 12.6. The Morgan fingerprint density at radius 2 is 1.71 bits per heavy atom. The largest absolute Gasteiger partial charge is 0.497 e. The summed E-state index contributed by atoms with van der Waals surface area (Å²) >= 11 is 1.24. The van der Waals surface area contributed by atoms with Gasteiger partial charge < -0.3 is 13.9 Å². The minimum atomic E-state index is -0.347. The fraction of sp³-hybridized carbons (Fsp3) is 0.286. The molecule has 0 fully saturated rings. The number of thioether (sulfide) groups is 1. The van der Waals surface area contributed by atoms with Crippen LogP contribution < -0.4 is 9.47 Å². The molecule has 0 aliphatic heterocycles. The molecule has 6 nitrogen and oxygen atoms in total. The minimum Gasteiger partial charge on any atom is -0.497 e. The molecule has 0 bridgehead atoms. The van der Waals surface area contributed by atoms with E-state index in [1.54, 1.807) is 32.4 Å². The summed E-state index contributed by atoms with van der Waals surface area (Å²) < 4.78 is 16.3. The van der Waals surface area contributed by atoms with Gasteiger partial charge in [-0.15, -0.1) is 10.2 Å². The van der Waals surface area contributed by atoms with E-state index in [4.69, 9.17) is 13.9 Å². The van der Waals surface area contributed by atoms with Gasteiger partial charge in [-0.1, -0.05) is 43.0 Å². The Morgan fingerprint density at radius 1 is 1.07 bits per heavy atom. The summed E-state index contributed by atoms with van der Waals surface area (Å²) in [6.45, 7) is 3.92. The van der Waals surface area contributed by atoms with Gasteiger partial charge in [-0.05, 0) is 31.0 Å². The summed E-state index contributed by atoms with van der Waals surface area (Å²) in [7, 11) is 3.15. The monoisotopic (exact) mass is 398 g/mol. The Bertz CT molecular complexity index is 931. The lowest BCUT2D eigenvalue weighted by Gasteiger charge is -2.08. The minimum absolute atomic E-state index is 0.0236. The van der Waals surface area contributed by atoms with Crippen molar-refractivity contribution >= 4 is 17.5 Å². The number of hydrogen-bond acceptors (Lipinski definition) is 7. The predicted molar refractivity (Wildman–Crippen MR) is 108 cm³/mol. The lowest BCUT2D eigenvalue weighted by Crippen LogP contribution is -2.13. The van der Waals surface area contributed by atoms with Crippen LogP contribution in [0.15, 0.2) is 52.1 Å². The van der Waals surface area contributed by atoms with Crippen molar-refractivity contribution in [2.45, 2.75) is 30.7 Å². The summed E-state index contributed by atoms with van der Waals surface area (Å²) in [5.74, 6) is 1.61. The number of Topliss-reactive ketones (excluding diaryl/α,β-unsaturated/α-hetero) is 1. The molecule has 28 heavy (non-hydrogen) atoms. The van der Waals surface area contributed by atoms with Gasteiger partial charge in [-0.25, -0.2) is 0 Å². The van der Waals surface area contributed by atoms with E-state index in [1.165, 1.54) is 17.3 Å².